The van der Waals surface area contributed by atoms with Crippen molar-refractivity contribution in [2.24, 2.45) is 0 Å². The predicted octanol–water partition coefficient (Wildman–Crippen LogP) is 6.55. The molecule has 214 valence electrons. The second-order valence-electron chi connectivity index (χ2n) is 11.2. The van der Waals surface area contributed by atoms with Crippen LogP contribution in [0.1, 0.15) is 22.3 Å². The number of phenols is 1. The topological polar surface area (TPSA) is 33.2 Å². The molecular formula is C33H38N4OS3. The molecule has 2 aliphatic rings. The molecule has 0 unspecified atom stereocenters. The van der Waals surface area contributed by atoms with Crippen LogP contribution >= 0.6 is 32.9 Å². The van der Waals surface area contributed by atoms with Crippen LogP contribution in [-0.2, 0) is 26.2 Å². The van der Waals surface area contributed by atoms with Gasteiger partial charge in [0, 0.05) is 94.5 Å². The minimum atomic E-state index is 0.464. The summed E-state index contributed by atoms with van der Waals surface area (Å²) in [5, 5.41) is 11.5. The zero-order valence-electron chi connectivity index (χ0n) is 23.5. The van der Waals surface area contributed by atoms with Crippen LogP contribution in [0.25, 0.3) is 10.4 Å². The van der Waals surface area contributed by atoms with Gasteiger partial charge in [0.15, 0.2) is 0 Å². The Morgan fingerprint density at radius 2 is 0.976 bits per heavy atom. The van der Waals surface area contributed by atoms with Crippen molar-refractivity contribution >= 4 is 32.9 Å². The highest BCUT2D eigenvalue weighted by Crippen LogP contribution is 2.36. The van der Waals surface area contributed by atoms with Crippen LogP contribution in [0.15, 0.2) is 78.9 Å². The molecule has 3 aromatic carbocycles. The third-order valence-electron chi connectivity index (χ3n) is 8.23. The lowest BCUT2D eigenvalue weighted by Gasteiger charge is -2.36. The zero-order valence-corrected chi connectivity index (χ0v) is 25.9. The van der Waals surface area contributed by atoms with E-state index in [9.17, 15) is 5.11 Å². The molecular weight excluding hydrogens is 565 g/mol. The smallest absolute Gasteiger partial charge is 0.124 e. The molecule has 0 saturated carbocycles. The lowest BCUT2D eigenvalue weighted by molar-refractivity contribution is 0.119. The standard InChI is InChI=1S/C33H38N4OS3/c38-33-29(24-36-15-11-34(12-16-36)22-26-7-3-1-4-8-26)19-28(31-21-32(39)41-40-31)20-30(33)25-37-17-13-35(14-18-37)23-27-9-5-2-6-10-27/h1-10,19-21,38H,11-18,22-25H2. The Morgan fingerprint density at radius 1 is 0.561 bits per heavy atom. The third kappa shape index (κ3) is 7.70. The summed E-state index contributed by atoms with van der Waals surface area (Å²) < 4.78 is 0.922. The van der Waals surface area contributed by atoms with Crippen LogP contribution in [0.2, 0.25) is 0 Å². The van der Waals surface area contributed by atoms with Gasteiger partial charge in [0.1, 0.15) is 9.57 Å². The fourth-order valence-corrected chi connectivity index (χ4v) is 8.28. The molecule has 2 aliphatic heterocycles. The maximum atomic E-state index is 11.5. The first-order valence-corrected chi connectivity index (χ1v) is 17.1. The molecule has 8 heteroatoms. The van der Waals surface area contributed by atoms with Crippen molar-refractivity contribution in [3.8, 4) is 16.2 Å². The van der Waals surface area contributed by atoms with Gasteiger partial charge in [-0.3, -0.25) is 19.6 Å². The van der Waals surface area contributed by atoms with Crippen LogP contribution < -0.4 is 0 Å². The van der Waals surface area contributed by atoms with E-state index in [4.69, 9.17) is 12.2 Å². The van der Waals surface area contributed by atoms with Crippen LogP contribution in [0.3, 0.4) is 0 Å². The van der Waals surface area contributed by atoms with Crippen molar-refractivity contribution in [3.05, 3.63) is 105 Å². The monoisotopic (exact) mass is 602 g/mol. The third-order valence-corrected chi connectivity index (χ3v) is 11.1. The number of hydrogen-bond donors (Lipinski definition) is 1. The van der Waals surface area contributed by atoms with E-state index in [1.807, 2.05) is 0 Å². The van der Waals surface area contributed by atoms with Gasteiger partial charge in [-0.1, -0.05) is 93.6 Å². The van der Waals surface area contributed by atoms with E-state index in [1.54, 1.807) is 20.7 Å². The quantitative estimate of drug-likeness (QED) is 0.173. The van der Waals surface area contributed by atoms with Gasteiger partial charge in [-0.05, 0) is 34.9 Å². The first-order valence-electron chi connectivity index (χ1n) is 14.5. The molecule has 0 spiro atoms. The van der Waals surface area contributed by atoms with Crippen molar-refractivity contribution in [1.29, 1.82) is 0 Å². The average Bonchev–Trinajstić information content (AvgIpc) is 3.44. The van der Waals surface area contributed by atoms with Crippen LogP contribution in [0.4, 0.5) is 0 Å². The first-order chi connectivity index (χ1) is 20.1. The summed E-state index contributed by atoms with van der Waals surface area (Å²) in [4.78, 5) is 11.2. The average molecular weight is 603 g/mol. The molecule has 2 saturated heterocycles. The minimum Gasteiger partial charge on any atom is -0.507 e. The maximum Gasteiger partial charge on any atom is 0.124 e. The highest BCUT2D eigenvalue weighted by atomic mass is 32.9. The van der Waals surface area contributed by atoms with E-state index < -0.39 is 0 Å². The summed E-state index contributed by atoms with van der Waals surface area (Å²) in [5.41, 5.74) is 5.97. The van der Waals surface area contributed by atoms with Gasteiger partial charge < -0.3 is 5.11 Å². The molecule has 0 amide bonds. The molecule has 4 aromatic rings. The molecule has 41 heavy (non-hydrogen) atoms. The van der Waals surface area contributed by atoms with Crippen molar-refractivity contribution in [2.75, 3.05) is 52.4 Å². The van der Waals surface area contributed by atoms with Crippen molar-refractivity contribution < 1.29 is 5.11 Å². The molecule has 2 fully saturated rings. The first kappa shape index (κ1) is 28.7. The van der Waals surface area contributed by atoms with Gasteiger partial charge in [-0.2, -0.15) is 0 Å². The summed E-state index contributed by atoms with van der Waals surface area (Å²) in [6.07, 6.45) is 0. The summed E-state index contributed by atoms with van der Waals surface area (Å²) in [6, 6.07) is 28.0. The van der Waals surface area contributed by atoms with Gasteiger partial charge in [0.05, 0.1) is 0 Å². The Bertz CT molecular complexity index is 1370. The highest BCUT2D eigenvalue weighted by molar-refractivity contribution is 7.80. The molecule has 0 radical (unpaired) electrons. The van der Waals surface area contributed by atoms with Crippen molar-refractivity contribution in [3.63, 3.8) is 0 Å². The number of phenolic OH excluding ortho intramolecular Hbond substituents is 1. The summed E-state index contributed by atoms with van der Waals surface area (Å²) in [5.74, 6) is 0.464. The molecule has 3 heterocycles. The van der Waals surface area contributed by atoms with Gasteiger partial charge in [0.25, 0.3) is 0 Å². The van der Waals surface area contributed by atoms with Gasteiger partial charge >= 0.3 is 0 Å². The maximum absolute atomic E-state index is 11.5. The van der Waals surface area contributed by atoms with Gasteiger partial charge in [0.2, 0.25) is 0 Å². The predicted molar refractivity (Wildman–Crippen MR) is 174 cm³/mol. The van der Waals surface area contributed by atoms with Crippen molar-refractivity contribution in [2.45, 2.75) is 26.2 Å². The molecule has 0 bridgehead atoms. The Hall–Kier alpha value is -2.43. The van der Waals surface area contributed by atoms with E-state index >= 15 is 0 Å². The minimum absolute atomic E-state index is 0.464. The van der Waals surface area contributed by atoms with Crippen LogP contribution in [0.5, 0.6) is 5.75 Å². The SMILES string of the molecule is Oc1c(CN2CCN(Cc3ccccc3)CC2)cc(-c2cc(=S)ss2)cc1CN1CCN(Cc2ccccc2)CC1. The number of benzene rings is 3. The molecule has 6 rings (SSSR count). The Labute approximate surface area is 256 Å². The Morgan fingerprint density at radius 3 is 1.37 bits per heavy atom. The molecule has 1 N–H and O–H groups in total. The van der Waals surface area contributed by atoms with Gasteiger partial charge in [-0.15, -0.1) is 0 Å². The number of aromatic hydroxyl groups is 1. The lowest BCUT2D eigenvalue weighted by atomic mass is 10.0. The Balaban J connectivity index is 1.12. The van der Waals surface area contributed by atoms with Gasteiger partial charge in [-0.25, -0.2) is 0 Å². The van der Waals surface area contributed by atoms with Crippen LogP contribution in [-0.4, -0.2) is 77.1 Å². The summed E-state index contributed by atoms with van der Waals surface area (Å²) in [7, 11) is 3.39. The lowest BCUT2D eigenvalue weighted by Crippen LogP contribution is -2.45. The number of piperazine rings is 2. The second kappa shape index (κ2) is 13.7. The fourth-order valence-electron chi connectivity index (χ4n) is 5.89. The number of rotatable bonds is 9. The molecule has 1 aromatic heterocycles. The highest BCUT2D eigenvalue weighted by Gasteiger charge is 2.22. The molecule has 0 atom stereocenters. The van der Waals surface area contributed by atoms with E-state index in [0.717, 1.165) is 93.5 Å². The Kier molecular flexibility index (Phi) is 9.58. The van der Waals surface area contributed by atoms with Crippen molar-refractivity contribution in [1.82, 2.24) is 19.6 Å². The van der Waals surface area contributed by atoms with E-state index in [1.165, 1.54) is 21.6 Å². The largest absolute Gasteiger partial charge is 0.507 e. The summed E-state index contributed by atoms with van der Waals surface area (Å²) in [6.45, 7) is 11.7. The zero-order chi connectivity index (χ0) is 28.0. The second-order valence-corrected chi connectivity index (χ2v) is 14.1. The van der Waals surface area contributed by atoms with E-state index in [0.29, 0.717) is 5.75 Å². The molecule has 5 nitrogen and oxygen atoms in total. The van der Waals surface area contributed by atoms with E-state index in [-0.39, 0.29) is 0 Å². The molecule has 0 aliphatic carbocycles. The number of nitrogens with zero attached hydrogens (tertiary/aromatic N) is 4. The normalized spacial score (nSPS) is 17.7. The van der Waals surface area contributed by atoms with Crippen LogP contribution in [0, 0.1) is 3.82 Å². The summed E-state index contributed by atoms with van der Waals surface area (Å²) >= 11 is 5.46. The van der Waals surface area contributed by atoms with E-state index in [2.05, 4.69) is 98.5 Å². The number of hydrogen-bond acceptors (Lipinski definition) is 8. The fraction of sp³-hybridized carbons (Fsp3) is 0.364.